The smallest absolute Gasteiger partial charge is 0.138 e. The molecule has 0 amide bonds. The molecular formula is C17H21FN2O. The predicted octanol–water partition coefficient (Wildman–Crippen LogP) is 3.86. The highest BCUT2D eigenvalue weighted by Gasteiger charge is 2.06. The Morgan fingerprint density at radius 3 is 2.71 bits per heavy atom. The van der Waals surface area contributed by atoms with Crippen LogP contribution in [-0.4, -0.2) is 11.5 Å². The lowest BCUT2D eigenvalue weighted by atomic mass is 10.2. The Bertz CT molecular complexity index is 557. The summed E-state index contributed by atoms with van der Waals surface area (Å²) in [6.07, 6.45) is 2.77. The van der Waals surface area contributed by atoms with Crippen LogP contribution in [0.4, 0.5) is 4.39 Å². The second kappa shape index (κ2) is 7.74. The third kappa shape index (κ3) is 4.53. The van der Waals surface area contributed by atoms with Crippen LogP contribution in [-0.2, 0) is 6.61 Å². The quantitative estimate of drug-likeness (QED) is 0.840. The monoisotopic (exact) mass is 288 g/mol. The maximum atomic E-state index is 13.5. The average molecular weight is 288 g/mol. The highest BCUT2D eigenvalue weighted by Crippen LogP contribution is 2.16. The second-order valence-corrected chi connectivity index (χ2v) is 4.97. The maximum Gasteiger partial charge on any atom is 0.138 e. The van der Waals surface area contributed by atoms with E-state index < -0.39 is 0 Å². The fourth-order valence-corrected chi connectivity index (χ4v) is 1.98. The van der Waals surface area contributed by atoms with Crippen molar-refractivity contribution in [2.45, 2.75) is 32.9 Å². The third-order valence-electron chi connectivity index (χ3n) is 3.26. The predicted molar refractivity (Wildman–Crippen MR) is 81.7 cm³/mol. The van der Waals surface area contributed by atoms with Gasteiger partial charge in [-0.3, -0.25) is 4.98 Å². The first kappa shape index (κ1) is 15.4. The van der Waals surface area contributed by atoms with E-state index in [1.165, 1.54) is 6.07 Å². The van der Waals surface area contributed by atoms with E-state index in [1.807, 2.05) is 12.1 Å². The molecule has 0 spiro atoms. The summed E-state index contributed by atoms with van der Waals surface area (Å²) in [5.41, 5.74) is 1.52. The Balaban J connectivity index is 1.92. The van der Waals surface area contributed by atoms with E-state index in [1.54, 1.807) is 24.4 Å². The molecule has 1 atom stereocenters. The number of rotatable bonds is 7. The van der Waals surface area contributed by atoms with Crippen LogP contribution in [0.1, 0.15) is 37.6 Å². The molecule has 0 aliphatic rings. The summed E-state index contributed by atoms with van der Waals surface area (Å²) in [6, 6.07) is 10.6. The number of pyridine rings is 1. The molecule has 0 bridgehead atoms. The van der Waals surface area contributed by atoms with Gasteiger partial charge in [0.15, 0.2) is 0 Å². The number of nitrogens with one attached hydrogen (secondary N) is 1. The van der Waals surface area contributed by atoms with Crippen molar-refractivity contribution >= 4 is 0 Å². The topological polar surface area (TPSA) is 34.1 Å². The highest BCUT2D eigenvalue weighted by atomic mass is 19.1. The molecule has 112 valence electrons. The summed E-state index contributed by atoms with van der Waals surface area (Å²) < 4.78 is 19.0. The second-order valence-electron chi connectivity index (χ2n) is 4.97. The van der Waals surface area contributed by atoms with Gasteiger partial charge < -0.3 is 10.1 Å². The number of hydrogen-bond donors (Lipinski definition) is 1. The first-order valence-electron chi connectivity index (χ1n) is 7.26. The molecule has 0 saturated heterocycles. The molecule has 1 aromatic carbocycles. The summed E-state index contributed by atoms with van der Waals surface area (Å²) in [7, 11) is 0. The van der Waals surface area contributed by atoms with Crippen molar-refractivity contribution in [2.24, 2.45) is 0 Å². The largest absolute Gasteiger partial charge is 0.487 e. The summed E-state index contributed by atoms with van der Waals surface area (Å²) in [5.74, 6) is 0.393. The summed E-state index contributed by atoms with van der Waals surface area (Å²) in [6.45, 7) is 5.39. The van der Waals surface area contributed by atoms with Crippen LogP contribution >= 0.6 is 0 Å². The van der Waals surface area contributed by atoms with Gasteiger partial charge in [-0.1, -0.05) is 25.1 Å². The molecule has 2 rings (SSSR count). The van der Waals surface area contributed by atoms with E-state index >= 15 is 0 Å². The van der Waals surface area contributed by atoms with Crippen LogP contribution in [0.5, 0.6) is 5.75 Å². The molecule has 0 aliphatic heterocycles. The highest BCUT2D eigenvalue weighted by molar-refractivity contribution is 5.23. The number of halogens is 1. The van der Waals surface area contributed by atoms with Gasteiger partial charge in [-0.25, -0.2) is 4.39 Å². The average Bonchev–Trinajstić information content (AvgIpc) is 2.52. The van der Waals surface area contributed by atoms with Gasteiger partial charge in [0.2, 0.25) is 0 Å². The standard InChI is InChI=1S/C17H21FN2O/c1-3-10-19-13(2)17-9-8-15(11-20-17)21-12-14-6-4-5-7-16(14)18/h4-9,11,13,19H,3,10,12H2,1-2H3. The van der Waals surface area contributed by atoms with Crippen molar-refractivity contribution < 1.29 is 9.13 Å². The van der Waals surface area contributed by atoms with Gasteiger partial charge in [0.1, 0.15) is 18.2 Å². The molecule has 1 unspecified atom stereocenters. The van der Waals surface area contributed by atoms with Gasteiger partial charge in [-0.05, 0) is 38.1 Å². The minimum absolute atomic E-state index is 0.206. The van der Waals surface area contributed by atoms with Crippen LogP contribution in [0.15, 0.2) is 42.6 Å². The third-order valence-corrected chi connectivity index (χ3v) is 3.26. The van der Waals surface area contributed by atoms with Crippen molar-refractivity contribution in [3.63, 3.8) is 0 Å². The molecule has 1 N–H and O–H groups in total. The number of nitrogens with zero attached hydrogens (tertiary/aromatic N) is 1. The molecule has 3 nitrogen and oxygen atoms in total. The first-order valence-corrected chi connectivity index (χ1v) is 7.26. The van der Waals surface area contributed by atoms with Gasteiger partial charge in [0.25, 0.3) is 0 Å². The number of hydrogen-bond acceptors (Lipinski definition) is 3. The fraction of sp³-hybridized carbons (Fsp3) is 0.353. The number of benzene rings is 1. The van der Waals surface area contributed by atoms with Crippen molar-refractivity contribution in [2.75, 3.05) is 6.54 Å². The summed E-state index contributed by atoms with van der Waals surface area (Å²) in [4.78, 5) is 4.38. The van der Waals surface area contributed by atoms with E-state index in [-0.39, 0.29) is 18.5 Å². The van der Waals surface area contributed by atoms with E-state index in [0.717, 1.165) is 18.7 Å². The molecule has 0 saturated carbocycles. The van der Waals surface area contributed by atoms with E-state index in [4.69, 9.17) is 4.74 Å². The van der Waals surface area contributed by atoms with Gasteiger partial charge in [-0.2, -0.15) is 0 Å². The molecule has 4 heteroatoms. The number of ether oxygens (including phenoxy) is 1. The summed E-state index contributed by atoms with van der Waals surface area (Å²) in [5, 5.41) is 3.38. The Kier molecular flexibility index (Phi) is 5.69. The molecule has 0 fully saturated rings. The minimum atomic E-state index is -0.250. The van der Waals surface area contributed by atoms with Crippen molar-refractivity contribution in [1.29, 1.82) is 0 Å². The van der Waals surface area contributed by atoms with Gasteiger partial charge in [-0.15, -0.1) is 0 Å². The lowest BCUT2D eigenvalue weighted by molar-refractivity contribution is 0.298. The van der Waals surface area contributed by atoms with Crippen LogP contribution in [0.3, 0.4) is 0 Å². The van der Waals surface area contributed by atoms with E-state index in [9.17, 15) is 4.39 Å². The van der Waals surface area contributed by atoms with Gasteiger partial charge in [0, 0.05) is 11.6 Å². The van der Waals surface area contributed by atoms with Crippen LogP contribution in [0, 0.1) is 5.82 Å². The zero-order chi connectivity index (χ0) is 15.1. The van der Waals surface area contributed by atoms with Crippen molar-refractivity contribution in [1.82, 2.24) is 10.3 Å². The maximum absolute atomic E-state index is 13.5. The van der Waals surface area contributed by atoms with Gasteiger partial charge in [0.05, 0.1) is 11.9 Å². The fourth-order valence-electron chi connectivity index (χ4n) is 1.98. The van der Waals surface area contributed by atoms with Crippen molar-refractivity contribution in [3.05, 3.63) is 59.7 Å². The molecule has 1 aromatic heterocycles. The molecule has 2 aromatic rings. The molecule has 1 heterocycles. The molecule has 21 heavy (non-hydrogen) atoms. The zero-order valence-corrected chi connectivity index (χ0v) is 12.5. The zero-order valence-electron chi connectivity index (χ0n) is 12.5. The van der Waals surface area contributed by atoms with E-state index in [2.05, 4.69) is 24.1 Å². The number of aromatic nitrogens is 1. The lowest BCUT2D eigenvalue weighted by Crippen LogP contribution is -2.20. The van der Waals surface area contributed by atoms with Gasteiger partial charge >= 0.3 is 0 Å². The van der Waals surface area contributed by atoms with Crippen LogP contribution in [0.25, 0.3) is 0 Å². The minimum Gasteiger partial charge on any atom is -0.487 e. The van der Waals surface area contributed by atoms with Crippen LogP contribution < -0.4 is 10.1 Å². The Morgan fingerprint density at radius 2 is 2.05 bits per heavy atom. The normalized spacial score (nSPS) is 12.1. The van der Waals surface area contributed by atoms with E-state index in [0.29, 0.717) is 11.3 Å². The Morgan fingerprint density at radius 1 is 1.24 bits per heavy atom. The molecule has 0 radical (unpaired) electrons. The SMILES string of the molecule is CCCNC(C)c1ccc(OCc2ccccc2F)cn1. The molecule has 0 aliphatic carbocycles. The lowest BCUT2D eigenvalue weighted by Gasteiger charge is -2.13. The Hall–Kier alpha value is -1.94. The van der Waals surface area contributed by atoms with Crippen LogP contribution in [0.2, 0.25) is 0 Å². The molecular weight excluding hydrogens is 267 g/mol. The summed E-state index contributed by atoms with van der Waals surface area (Å²) >= 11 is 0. The van der Waals surface area contributed by atoms with Crippen molar-refractivity contribution in [3.8, 4) is 5.75 Å². The Labute approximate surface area is 125 Å². The first-order chi connectivity index (χ1) is 10.2.